The van der Waals surface area contributed by atoms with Crippen LogP contribution in [0, 0.1) is 5.92 Å². The van der Waals surface area contributed by atoms with E-state index in [2.05, 4.69) is 4.90 Å². The van der Waals surface area contributed by atoms with E-state index in [0.717, 1.165) is 12.2 Å². The second kappa shape index (κ2) is 4.34. The molecular formula is C12H14ClNO2. The Morgan fingerprint density at radius 2 is 2.06 bits per heavy atom. The fourth-order valence-corrected chi connectivity index (χ4v) is 2.39. The monoisotopic (exact) mass is 239 g/mol. The van der Waals surface area contributed by atoms with Crippen LogP contribution in [0.5, 0.6) is 0 Å². The van der Waals surface area contributed by atoms with Crippen LogP contribution in [0.3, 0.4) is 0 Å². The third-order valence-electron chi connectivity index (χ3n) is 3.23. The van der Waals surface area contributed by atoms with Crippen molar-refractivity contribution >= 4 is 23.3 Å². The van der Waals surface area contributed by atoms with Gasteiger partial charge >= 0.3 is 5.97 Å². The number of aliphatic carboxylic acids is 1. The zero-order valence-electron chi connectivity index (χ0n) is 9.06. The predicted octanol–water partition coefficient (Wildman–Crippen LogP) is 2.64. The van der Waals surface area contributed by atoms with Gasteiger partial charge in [0.25, 0.3) is 0 Å². The standard InChI is InChI=1S/C12H14ClNO2/c1-8-11(12(15)16)6-7-14(8)10-4-2-9(13)3-5-10/h2-5,8,11H,6-7H2,1H3,(H,15,16)/t8-,11+/m1/s1. The molecule has 0 aliphatic carbocycles. The molecule has 16 heavy (non-hydrogen) atoms. The van der Waals surface area contributed by atoms with Crippen molar-refractivity contribution in [3.8, 4) is 0 Å². The first-order valence-electron chi connectivity index (χ1n) is 5.34. The number of carboxylic acids is 1. The molecule has 0 radical (unpaired) electrons. The minimum atomic E-state index is -0.705. The Bertz CT molecular complexity index is 391. The van der Waals surface area contributed by atoms with Crippen molar-refractivity contribution in [2.24, 2.45) is 5.92 Å². The molecule has 1 fully saturated rings. The molecule has 2 atom stereocenters. The Morgan fingerprint density at radius 1 is 1.44 bits per heavy atom. The van der Waals surface area contributed by atoms with Crippen LogP contribution in [0.4, 0.5) is 5.69 Å². The highest BCUT2D eigenvalue weighted by molar-refractivity contribution is 6.30. The first kappa shape index (κ1) is 11.3. The number of hydrogen-bond donors (Lipinski definition) is 1. The van der Waals surface area contributed by atoms with Crippen LogP contribution in [0.1, 0.15) is 13.3 Å². The number of nitrogens with zero attached hydrogens (tertiary/aromatic N) is 1. The van der Waals surface area contributed by atoms with Crippen LogP contribution in [0.2, 0.25) is 5.02 Å². The highest BCUT2D eigenvalue weighted by Gasteiger charge is 2.35. The van der Waals surface area contributed by atoms with Crippen LogP contribution in [-0.2, 0) is 4.79 Å². The van der Waals surface area contributed by atoms with Gasteiger partial charge in [-0.15, -0.1) is 0 Å². The molecule has 1 aromatic rings. The van der Waals surface area contributed by atoms with Crippen LogP contribution < -0.4 is 4.90 Å². The molecule has 3 nitrogen and oxygen atoms in total. The van der Waals surface area contributed by atoms with Crippen molar-refractivity contribution < 1.29 is 9.90 Å². The lowest BCUT2D eigenvalue weighted by Gasteiger charge is -2.25. The molecule has 4 heteroatoms. The number of carbonyl (C=O) groups is 1. The number of anilines is 1. The molecule has 0 amide bonds. The zero-order valence-corrected chi connectivity index (χ0v) is 9.81. The Hall–Kier alpha value is -1.22. The Kier molecular flexibility index (Phi) is 3.06. The third-order valence-corrected chi connectivity index (χ3v) is 3.48. The SMILES string of the molecule is C[C@@H]1[C@@H](C(=O)O)CCN1c1ccc(Cl)cc1. The van der Waals surface area contributed by atoms with E-state index >= 15 is 0 Å². The van der Waals surface area contributed by atoms with Gasteiger partial charge in [-0.05, 0) is 37.6 Å². The first-order chi connectivity index (χ1) is 7.59. The Labute approximate surface area is 99.6 Å². The van der Waals surface area contributed by atoms with Gasteiger partial charge in [-0.1, -0.05) is 11.6 Å². The maximum Gasteiger partial charge on any atom is 0.308 e. The van der Waals surface area contributed by atoms with Gasteiger partial charge in [-0.25, -0.2) is 0 Å². The lowest BCUT2D eigenvalue weighted by atomic mass is 10.0. The zero-order chi connectivity index (χ0) is 11.7. The molecule has 1 N–H and O–H groups in total. The smallest absolute Gasteiger partial charge is 0.308 e. The van der Waals surface area contributed by atoms with Crippen molar-refractivity contribution in [2.45, 2.75) is 19.4 Å². The lowest BCUT2D eigenvalue weighted by Crippen LogP contribution is -2.32. The Balaban J connectivity index is 2.18. The molecule has 1 saturated heterocycles. The molecule has 1 heterocycles. The minimum absolute atomic E-state index is 0.0404. The van der Waals surface area contributed by atoms with E-state index in [1.54, 1.807) is 0 Å². The average molecular weight is 240 g/mol. The summed E-state index contributed by atoms with van der Waals surface area (Å²) in [6.07, 6.45) is 0.707. The molecule has 86 valence electrons. The highest BCUT2D eigenvalue weighted by atomic mass is 35.5. The molecule has 0 spiro atoms. The summed E-state index contributed by atoms with van der Waals surface area (Å²) < 4.78 is 0. The molecule has 1 aromatic carbocycles. The van der Waals surface area contributed by atoms with Crippen molar-refractivity contribution in [2.75, 3.05) is 11.4 Å². The minimum Gasteiger partial charge on any atom is -0.481 e. The van der Waals surface area contributed by atoms with Gasteiger partial charge in [0.15, 0.2) is 0 Å². The molecule has 2 rings (SSSR count). The molecule has 1 aliphatic rings. The summed E-state index contributed by atoms with van der Waals surface area (Å²) in [6, 6.07) is 7.57. The number of rotatable bonds is 2. The Morgan fingerprint density at radius 3 is 2.56 bits per heavy atom. The molecule has 0 unspecified atom stereocenters. The second-order valence-corrected chi connectivity index (χ2v) is 4.58. The predicted molar refractivity (Wildman–Crippen MR) is 64.0 cm³/mol. The summed E-state index contributed by atoms with van der Waals surface area (Å²) in [5, 5.41) is 9.74. The number of carboxylic acid groups (broad SMARTS) is 1. The summed E-state index contributed by atoms with van der Waals surface area (Å²) in [6.45, 7) is 2.75. The summed E-state index contributed by atoms with van der Waals surface area (Å²) in [4.78, 5) is 13.1. The van der Waals surface area contributed by atoms with E-state index < -0.39 is 5.97 Å². The second-order valence-electron chi connectivity index (χ2n) is 4.14. The van der Waals surface area contributed by atoms with Gasteiger partial charge in [0.1, 0.15) is 0 Å². The van der Waals surface area contributed by atoms with E-state index in [-0.39, 0.29) is 12.0 Å². The lowest BCUT2D eigenvalue weighted by molar-refractivity contribution is -0.141. The van der Waals surface area contributed by atoms with Crippen molar-refractivity contribution in [1.82, 2.24) is 0 Å². The van der Waals surface area contributed by atoms with Crippen LogP contribution >= 0.6 is 11.6 Å². The average Bonchev–Trinajstić information content (AvgIpc) is 2.61. The fourth-order valence-electron chi connectivity index (χ4n) is 2.27. The van der Waals surface area contributed by atoms with E-state index in [4.69, 9.17) is 16.7 Å². The van der Waals surface area contributed by atoms with Crippen molar-refractivity contribution in [3.63, 3.8) is 0 Å². The number of hydrogen-bond acceptors (Lipinski definition) is 2. The largest absolute Gasteiger partial charge is 0.481 e. The van der Waals surface area contributed by atoms with Gasteiger partial charge in [0, 0.05) is 23.3 Å². The molecule has 0 bridgehead atoms. The van der Waals surface area contributed by atoms with E-state index in [1.165, 1.54) is 0 Å². The summed E-state index contributed by atoms with van der Waals surface area (Å²) in [5.41, 5.74) is 1.04. The highest BCUT2D eigenvalue weighted by Crippen LogP contribution is 2.30. The maximum atomic E-state index is 11.0. The van der Waals surface area contributed by atoms with Gasteiger partial charge in [0.2, 0.25) is 0 Å². The van der Waals surface area contributed by atoms with Crippen molar-refractivity contribution in [1.29, 1.82) is 0 Å². The van der Waals surface area contributed by atoms with Crippen LogP contribution in [0.25, 0.3) is 0 Å². The fraction of sp³-hybridized carbons (Fsp3) is 0.417. The number of benzene rings is 1. The van der Waals surface area contributed by atoms with E-state index in [0.29, 0.717) is 11.4 Å². The molecule has 1 aliphatic heterocycles. The molecular weight excluding hydrogens is 226 g/mol. The van der Waals surface area contributed by atoms with Gasteiger partial charge < -0.3 is 10.0 Å². The van der Waals surface area contributed by atoms with Crippen LogP contribution in [0.15, 0.2) is 24.3 Å². The van der Waals surface area contributed by atoms with E-state index in [9.17, 15) is 4.79 Å². The van der Waals surface area contributed by atoms with Gasteiger partial charge in [0.05, 0.1) is 5.92 Å². The normalized spacial score (nSPS) is 24.8. The maximum absolute atomic E-state index is 11.0. The van der Waals surface area contributed by atoms with E-state index in [1.807, 2.05) is 31.2 Å². The first-order valence-corrected chi connectivity index (χ1v) is 5.72. The topological polar surface area (TPSA) is 40.5 Å². The van der Waals surface area contributed by atoms with Crippen LogP contribution in [-0.4, -0.2) is 23.7 Å². The van der Waals surface area contributed by atoms with Crippen molar-refractivity contribution in [3.05, 3.63) is 29.3 Å². The molecule has 0 aromatic heterocycles. The molecule has 0 saturated carbocycles. The summed E-state index contributed by atoms with van der Waals surface area (Å²) in [5.74, 6) is -0.973. The summed E-state index contributed by atoms with van der Waals surface area (Å²) >= 11 is 5.82. The third kappa shape index (κ3) is 2.00. The quantitative estimate of drug-likeness (QED) is 0.863. The summed E-state index contributed by atoms with van der Waals surface area (Å²) in [7, 11) is 0. The number of halogens is 1. The van der Waals surface area contributed by atoms with Gasteiger partial charge in [-0.3, -0.25) is 4.79 Å². The van der Waals surface area contributed by atoms with Gasteiger partial charge in [-0.2, -0.15) is 0 Å².